The molecule has 0 unspecified atom stereocenters. The molecule has 1 atom stereocenters. The number of hydrogen-bond donors (Lipinski definition) is 1. The van der Waals surface area contributed by atoms with Crippen molar-refractivity contribution in [3.63, 3.8) is 0 Å². The molecule has 0 radical (unpaired) electrons. The lowest BCUT2D eigenvalue weighted by atomic mass is 10.0. The highest BCUT2D eigenvalue weighted by Gasteiger charge is 2.16. The Bertz CT molecular complexity index is 682. The van der Waals surface area contributed by atoms with Crippen molar-refractivity contribution in [2.45, 2.75) is 174 Å². The molecule has 0 fully saturated rings. The first kappa shape index (κ1) is 40.1. The number of carbonyl (C=O) groups is 2. The molecule has 0 aromatic rings. The molecule has 0 heterocycles. The van der Waals surface area contributed by atoms with Crippen LogP contribution in [0.3, 0.4) is 0 Å². The molecular weight excluding hydrogens is 524 g/mol. The number of ether oxygens (including phenoxy) is 2. The van der Waals surface area contributed by atoms with Crippen LogP contribution >= 0.6 is 0 Å². The number of aliphatic hydroxyl groups excluding tert-OH is 1. The lowest BCUT2D eigenvalue weighted by Gasteiger charge is -2.15. The van der Waals surface area contributed by atoms with E-state index in [-0.39, 0.29) is 25.2 Å². The molecule has 0 aliphatic rings. The molecule has 0 amide bonds. The second kappa shape index (κ2) is 33.6. The summed E-state index contributed by atoms with van der Waals surface area (Å²) in [5.74, 6) is -0.610. The van der Waals surface area contributed by atoms with E-state index >= 15 is 0 Å². The molecule has 0 bridgehead atoms. The molecule has 0 aliphatic heterocycles. The van der Waals surface area contributed by atoms with Crippen molar-refractivity contribution in [1.29, 1.82) is 0 Å². The standard InChI is InChI=1S/C37H66O5/c1-3-5-7-9-11-13-15-17-18-20-21-23-25-27-29-31-36(39)41-34-35(33-38)42-37(40)32-30-28-26-24-22-19-16-14-12-10-8-6-4-2/h5,7,11,13,17-18,35,38H,3-4,6,8-10,12,14-16,19-34H2,1-2H3/b7-5+,13-11+,18-17+/t35-/m0/s1. The van der Waals surface area contributed by atoms with Crippen LogP contribution in [-0.2, 0) is 19.1 Å². The Kier molecular flexibility index (Phi) is 32.1. The van der Waals surface area contributed by atoms with Crippen LogP contribution in [0.15, 0.2) is 36.5 Å². The van der Waals surface area contributed by atoms with Gasteiger partial charge in [-0.3, -0.25) is 9.59 Å². The predicted molar refractivity (Wildman–Crippen MR) is 178 cm³/mol. The molecule has 0 aromatic carbocycles. The van der Waals surface area contributed by atoms with E-state index in [1.165, 1.54) is 77.0 Å². The van der Waals surface area contributed by atoms with Gasteiger partial charge in [0.25, 0.3) is 0 Å². The van der Waals surface area contributed by atoms with Gasteiger partial charge in [-0.15, -0.1) is 0 Å². The molecule has 0 spiro atoms. The Balaban J connectivity index is 3.60. The van der Waals surface area contributed by atoms with Gasteiger partial charge in [0.1, 0.15) is 6.61 Å². The van der Waals surface area contributed by atoms with Gasteiger partial charge in [-0.05, 0) is 44.9 Å². The minimum absolute atomic E-state index is 0.0728. The Morgan fingerprint density at radius 3 is 1.55 bits per heavy atom. The topological polar surface area (TPSA) is 72.8 Å². The fourth-order valence-electron chi connectivity index (χ4n) is 4.80. The predicted octanol–water partition coefficient (Wildman–Crippen LogP) is 10.5. The van der Waals surface area contributed by atoms with Crippen LogP contribution in [0.5, 0.6) is 0 Å². The van der Waals surface area contributed by atoms with Gasteiger partial charge in [0, 0.05) is 12.8 Å². The van der Waals surface area contributed by atoms with Gasteiger partial charge in [0.05, 0.1) is 6.61 Å². The lowest BCUT2D eigenvalue weighted by Crippen LogP contribution is -2.28. The number of hydrogen-bond acceptors (Lipinski definition) is 5. The summed E-state index contributed by atoms with van der Waals surface area (Å²) < 4.78 is 10.6. The molecule has 5 nitrogen and oxygen atoms in total. The molecule has 244 valence electrons. The third-order valence-electron chi connectivity index (χ3n) is 7.45. The molecule has 42 heavy (non-hydrogen) atoms. The van der Waals surface area contributed by atoms with Crippen molar-refractivity contribution in [3.8, 4) is 0 Å². The van der Waals surface area contributed by atoms with E-state index in [9.17, 15) is 14.7 Å². The van der Waals surface area contributed by atoms with Gasteiger partial charge in [-0.2, -0.15) is 0 Å². The summed E-state index contributed by atoms with van der Waals surface area (Å²) in [5.41, 5.74) is 0. The zero-order valence-corrected chi connectivity index (χ0v) is 27.5. The fraction of sp³-hybridized carbons (Fsp3) is 0.784. The van der Waals surface area contributed by atoms with Gasteiger partial charge in [-0.25, -0.2) is 0 Å². The number of unbranched alkanes of at least 4 members (excludes halogenated alkanes) is 17. The van der Waals surface area contributed by atoms with Crippen molar-refractivity contribution < 1.29 is 24.2 Å². The summed E-state index contributed by atoms with van der Waals surface area (Å²) in [5, 5.41) is 9.51. The molecule has 1 N–H and O–H groups in total. The Morgan fingerprint density at radius 2 is 1.02 bits per heavy atom. The summed E-state index contributed by atoms with van der Waals surface area (Å²) in [6.45, 7) is 4.00. The quantitative estimate of drug-likeness (QED) is 0.0494. The monoisotopic (exact) mass is 590 g/mol. The summed E-state index contributed by atoms with van der Waals surface area (Å²) in [6, 6.07) is 0. The minimum atomic E-state index is -0.773. The molecule has 0 aromatic heterocycles. The van der Waals surface area contributed by atoms with Gasteiger partial charge in [-0.1, -0.05) is 147 Å². The van der Waals surface area contributed by atoms with Gasteiger partial charge in [0.15, 0.2) is 6.10 Å². The third-order valence-corrected chi connectivity index (χ3v) is 7.45. The van der Waals surface area contributed by atoms with Crippen LogP contribution in [0.4, 0.5) is 0 Å². The van der Waals surface area contributed by atoms with E-state index < -0.39 is 6.10 Å². The van der Waals surface area contributed by atoms with E-state index in [1.54, 1.807) is 0 Å². The van der Waals surface area contributed by atoms with E-state index in [4.69, 9.17) is 9.47 Å². The smallest absolute Gasteiger partial charge is 0.306 e. The number of rotatable bonds is 31. The Morgan fingerprint density at radius 1 is 0.571 bits per heavy atom. The van der Waals surface area contributed by atoms with Gasteiger partial charge >= 0.3 is 11.9 Å². The lowest BCUT2D eigenvalue weighted by molar-refractivity contribution is -0.161. The fourth-order valence-corrected chi connectivity index (χ4v) is 4.80. The molecular formula is C37H66O5. The maximum atomic E-state index is 12.1. The summed E-state index contributed by atoms with van der Waals surface area (Å²) in [4.78, 5) is 24.1. The number of esters is 2. The second-order valence-corrected chi connectivity index (χ2v) is 11.6. The highest BCUT2D eigenvalue weighted by atomic mass is 16.6. The number of carbonyl (C=O) groups excluding carboxylic acids is 2. The first-order chi connectivity index (χ1) is 20.6. The molecule has 0 saturated heterocycles. The SMILES string of the molecule is CC/C=C/C/C=C/C/C=C/CCCCCCCC(=O)OC[C@H](CO)OC(=O)CCCCCCCCCCCCCCC. The molecule has 0 aliphatic carbocycles. The zero-order chi connectivity index (χ0) is 30.8. The number of allylic oxidation sites excluding steroid dienone is 6. The minimum Gasteiger partial charge on any atom is -0.462 e. The van der Waals surface area contributed by atoms with Gasteiger partial charge < -0.3 is 14.6 Å². The van der Waals surface area contributed by atoms with Crippen LogP contribution in [0, 0.1) is 0 Å². The Labute approximate surface area is 259 Å². The van der Waals surface area contributed by atoms with Crippen molar-refractivity contribution in [2.75, 3.05) is 13.2 Å². The molecule has 5 heteroatoms. The maximum absolute atomic E-state index is 12.1. The van der Waals surface area contributed by atoms with Crippen molar-refractivity contribution >= 4 is 11.9 Å². The Hall–Kier alpha value is -1.88. The highest BCUT2D eigenvalue weighted by molar-refractivity contribution is 5.70. The van der Waals surface area contributed by atoms with Gasteiger partial charge in [0.2, 0.25) is 0 Å². The van der Waals surface area contributed by atoms with Crippen LogP contribution < -0.4 is 0 Å². The largest absolute Gasteiger partial charge is 0.462 e. The van der Waals surface area contributed by atoms with Crippen molar-refractivity contribution in [1.82, 2.24) is 0 Å². The van der Waals surface area contributed by atoms with Crippen LogP contribution in [-0.4, -0.2) is 36.4 Å². The summed E-state index contributed by atoms with van der Waals surface area (Å²) >= 11 is 0. The summed E-state index contributed by atoms with van der Waals surface area (Å²) in [7, 11) is 0. The van der Waals surface area contributed by atoms with E-state index in [0.29, 0.717) is 12.8 Å². The summed E-state index contributed by atoms with van der Waals surface area (Å²) in [6.07, 6.45) is 39.1. The van der Waals surface area contributed by atoms with E-state index in [2.05, 4.69) is 50.3 Å². The second-order valence-electron chi connectivity index (χ2n) is 11.6. The first-order valence-electron chi connectivity index (χ1n) is 17.5. The zero-order valence-electron chi connectivity index (χ0n) is 27.5. The highest BCUT2D eigenvalue weighted by Crippen LogP contribution is 2.14. The van der Waals surface area contributed by atoms with Crippen LogP contribution in [0.1, 0.15) is 168 Å². The van der Waals surface area contributed by atoms with Crippen molar-refractivity contribution in [3.05, 3.63) is 36.5 Å². The number of aliphatic hydroxyl groups is 1. The molecule has 0 rings (SSSR count). The average Bonchev–Trinajstić information content (AvgIpc) is 2.99. The third kappa shape index (κ3) is 31.1. The van der Waals surface area contributed by atoms with Crippen LogP contribution in [0.25, 0.3) is 0 Å². The molecule has 0 saturated carbocycles. The van der Waals surface area contributed by atoms with E-state index in [1.807, 2.05) is 0 Å². The normalized spacial score (nSPS) is 12.5. The maximum Gasteiger partial charge on any atom is 0.306 e. The van der Waals surface area contributed by atoms with Crippen LogP contribution in [0.2, 0.25) is 0 Å². The van der Waals surface area contributed by atoms with Crippen molar-refractivity contribution in [2.24, 2.45) is 0 Å². The average molecular weight is 591 g/mol. The first-order valence-corrected chi connectivity index (χ1v) is 17.5. The van der Waals surface area contributed by atoms with E-state index in [0.717, 1.165) is 64.2 Å².